The average molecular weight is 289 g/mol. The summed E-state index contributed by atoms with van der Waals surface area (Å²) in [6.07, 6.45) is 7.41. The van der Waals surface area contributed by atoms with Crippen LogP contribution in [0.5, 0.6) is 0 Å². The third-order valence-corrected chi connectivity index (χ3v) is 5.26. The third-order valence-electron chi connectivity index (χ3n) is 4.74. The van der Waals surface area contributed by atoms with E-state index in [-0.39, 0.29) is 5.91 Å². The van der Waals surface area contributed by atoms with Gasteiger partial charge in [0.1, 0.15) is 0 Å². The molecule has 1 aliphatic heterocycles. The first-order valence-corrected chi connectivity index (χ1v) is 8.42. The molecule has 2 nitrogen and oxygen atoms in total. The fourth-order valence-corrected chi connectivity index (χ4v) is 3.76. The second kappa shape index (κ2) is 6.21. The van der Waals surface area contributed by atoms with E-state index in [1.54, 1.807) is 0 Å². The molecule has 1 amide bonds. The zero-order valence-corrected chi connectivity index (χ0v) is 12.8. The van der Waals surface area contributed by atoms with Gasteiger partial charge in [0.2, 0.25) is 5.91 Å². The maximum absolute atomic E-state index is 12.0. The molecule has 1 aromatic carbocycles. The van der Waals surface area contributed by atoms with Crippen LogP contribution in [0, 0.1) is 5.92 Å². The Balaban J connectivity index is 1.71. The number of carbonyl (C=O) groups excluding carboxylic acids is 1. The Bertz CT molecular complexity index is 464. The molecule has 20 heavy (non-hydrogen) atoms. The Morgan fingerprint density at radius 2 is 1.80 bits per heavy atom. The van der Waals surface area contributed by atoms with Gasteiger partial charge in [0.05, 0.1) is 0 Å². The monoisotopic (exact) mass is 289 g/mol. The Labute approximate surface area is 127 Å². The maximum Gasteiger partial charge on any atom is 0.227 e. The lowest BCUT2D eigenvalue weighted by Crippen LogP contribution is -2.24. The lowest BCUT2D eigenvalue weighted by molar-refractivity contribution is -0.117. The Hall–Kier alpha value is -0.960. The molecule has 108 valence electrons. The molecule has 2 aliphatic rings. The summed E-state index contributed by atoms with van der Waals surface area (Å²) in [5.41, 5.74) is 2.50. The van der Waals surface area contributed by atoms with Gasteiger partial charge in [-0.2, -0.15) is 12.6 Å². The predicted molar refractivity (Wildman–Crippen MR) is 86.6 cm³/mol. The van der Waals surface area contributed by atoms with Crippen LogP contribution in [0.15, 0.2) is 24.3 Å². The van der Waals surface area contributed by atoms with Crippen molar-refractivity contribution in [2.24, 2.45) is 5.92 Å². The van der Waals surface area contributed by atoms with Gasteiger partial charge in [0.15, 0.2) is 0 Å². The molecule has 0 aromatic heterocycles. The van der Waals surface area contributed by atoms with Crippen LogP contribution in [0.1, 0.15) is 50.0 Å². The maximum atomic E-state index is 12.0. The summed E-state index contributed by atoms with van der Waals surface area (Å²) in [5, 5.41) is 0. The summed E-state index contributed by atoms with van der Waals surface area (Å²) in [5.74, 6) is 2.18. The molecule has 3 heteroatoms. The minimum Gasteiger partial charge on any atom is -0.312 e. The van der Waals surface area contributed by atoms with E-state index in [0.29, 0.717) is 12.3 Å². The minimum absolute atomic E-state index is 0.245. The van der Waals surface area contributed by atoms with Crippen molar-refractivity contribution in [2.75, 3.05) is 17.2 Å². The van der Waals surface area contributed by atoms with Crippen LogP contribution >= 0.6 is 12.6 Å². The Morgan fingerprint density at radius 3 is 2.40 bits per heavy atom. The second-order valence-corrected chi connectivity index (χ2v) is 6.55. The van der Waals surface area contributed by atoms with Gasteiger partial charge in [-0.05, 0) is 48.1 Å². The van der Waals surface area contributed by atoms with Gasteiger partial charge in [-0.3, -0.25) is 4.79 Å². The third kappa shape index (κ3) is 2.88. The van der Waals surface area contributed by atoms with Crippen molar-refractivity contribution in [3.05, 3.63) is 29.8 Å². The topological polar surface area (TPSA) is 20.3 Å². The van der Waals surface area contributed by atoms with E-state index < -0.39 is 0 Å². The second-order valence-electron chi connectivity index (χ2n) is 6.18. The smallest absolute Gasteiger partial charge is 0.227 e. The van der Waals surface area contributed by atoms with Crippen molar-refractivity contribution in [3.63, 3.8) is 0 Å². The summed E-state index contributed by atoms with van der Waals surface area (Å²) in [6.45, 7) is 0.825. The number of hydrogen-bond acceptors (Lipinski definition) is 2. The van der Waals surface area contributed by atoms with Crippen LogP contribution in [0.4, 0.5) is 5.69 Å². The molecule has 0 N–H and O–H groups in total. The number of carbonyl (C=O) groups is 1. The van der Waals surface area contributed by atoms with E-state index in [9.17, 15) is 4.79 Å². The summed E-state index contributed by atoms with van der Waals surface area (Å²) < 4.78 is 0. The lowest BCUT2D eigenvalue weighted by atomic mass is 9.84. The summed E-state index contributed by atoms with van der Waals surface area (Å²) in [4.78, 5) is 13.9. The summed E-state index contributed by atoms with van der Waals surface area (Å²) in [7, 11) is 0. The Kier molecular flexibility index (Phi) is 4.35. The van der Waals surface area contributed by atoms with Gasteiger partial charge in [-0.25, -0.2) is 0 Å². The first kappa shape index (κ1) is 14.0. The summed E-state index contributed by atoms with van der Waals surface area (Å²) >= 11 is 4.32. The zero-order chi connectivity index (χ0) is 13.9. The van der Waals surface area contributed by atoms with Gasteiger partial charge in [0.25, 0.3) is 0 Å². The zero-order valence-electron chi connectivity index (χ0n) is 11.9. The molecule has 1 saturated heterocycles. The number of nitrogens with zero attached hydrogens (tertiary/aromatic N) is 1. The molecule has 0 bridgehead atoms. The normalized spacial score (nSPS) is 24.4. The van der Waals surface area contributed by atoms with Crippen LogP contribution in [-0.2, 0) is 4.79 Å². The predicted octanol–water partition coefficient (Wildman–Crippen LogP) is 4.02. The van der Waals surface area contributed by atoms with E-state index in [4.69, 9.17) is 0 Å². The number of rotatable bonds is 3. The molecule has 1 heterocycles. The van der Waals surface area contributed by atoms with Gasteiger partial charge >= 0.3 is 0 Å². The van der Waals surface area contributed by atoms with Gasteiger partial charge < -0.3 is 4.90 Å². The standard InChI is InChI=1S/C17H23NOS/c19-17-10-13(12-20)11-18(17)16-8-6-15(7-9-16)14-4-2-1-3-5-14/h6-9,13-14,20H,1-5,10-12H2. The molecule has 1 atom stereocenters. The SMILES string of the molecule is O=C1CC(CS)CN1c1ccc(C2CCCCC2)cc1. The van der Waals surface area contributed by atoms with Crippen molar-refractivity contribution < 1.29 is 4.79 Å². The van der Waals surface area contributed by atoms with Crippen LogP contribution in [-0.4, -0.2) is 18.2 Å². The van der Waals surface area contributed by atoms with Crippen LogP contribution < -0.4 is 4.90 Å². The van der Waals surface area contributed by atoms with E-state index in [2.05, 4.69) is 36.9 Å². The quantitative estimate of drug-likeness (QED) is 0.833. The molecule has 1 saturated carbocycles. The molecular weight excluding hydrogens is 266 g/mol. The van der Waals surface area contributed by atoms with Gasteiger partial charge in [-0.15, -0.1) is 0 Å². The molecule has 2 fully saturated rings. The van der Waals surface area contributed by atoms with Crippen LogP contribution in [0.3, 0.4) is 0 Å². The highest BCUT2D eigenvalue weighted by atomic mass is 32.1. The van der Waals surface area contributed by atoms with Crippen LogP contribution in [0.2, 0.25) is 0 Å². The van der Waals surface area contributed by atoms with Crippen molar-refractivity contribution in [1.82, 2.24) is 0 Å². The lowest BCUT2D eigenvalue weighted by Gasteiger charge is -2.23. The Morgan fingerprint density at radius 1 is 1.10 bits per heavy atom. The highest BCUT2D eigenvalue weighted by Gasteiger charge is 2.29. The average Bonchev–Trinajstić information content (AvgIpc) is 2.89. The van der Waals surface area contributed by atoms with E-state index in [1.165, 1.54) is 37.7 Å². The highest BCUT2D eigenvalue weighted by Crippen LogP contribution is 2.34. The van der Waals surface area contributed by atoms with Crippen molar-refractivity contribution in [2.45, 2.75) is 44.4 Å². The molecule has 0 radical (unpaired) electrons. The number of amides is 1. The molecule has 0 spiro atoms. The molecule has 1 unspecified atom stereocenters. The molecule has 1 aromatic rings. The number of anilines is 1. The fraction of sp³-hybridized carbons (Fsp3) is 0.588. The van der Waals surface area contributed by atoms with Crippen molar-refractivity contribution >= 4 is 24.2 Å². The first-order valence-electron chi connectivity index (χ1n) is 7.79. The largest absolute Gasteiger partial charge is 0.312 e. The van der Waals surface area contributed by atoms with E-state index >= 15 is 0 Å². The molecule has 1 aliphatic carbocycles. The minimum atomic E-state index is 0.245. The van der Waals surface area contributed by atoms with E-state index in [1.807, 2.05) is 4.90 Å². The van der Waals surface area contributed by atoms with Gasteiger partial charge in [-0.1, -0.05) is 31.4 Å². The number of benzene rings is 1. The molecule has 3 rings (SSSR count). The molecular formula is C17H23NOS. The van der Waals surface area contributed by atoms with Gasteiger partial charge in [0, 0.05) is 18.7 Å². The first-order chi connectivity index (χ1) is 9.78. The summed E-state index contributed by atoms with van der Waals surface area (Å²) in [6, 6.07) is 8.71. The van der Waals surface area contributed by atoms with Crippen molar-refractivity contribution in [3.8, 4) is 0 Å². The van der Waals surface area contributed by atoms with E-state index in [0.717, 1.165) is 23.9 Å². The highest BCUT2D eigenvalue weighted by molar-refractivity contribution is 7.80. The number of thiol groups is 1. The van der Waals surface area contributed by atoms with Crippen molar-refractivity contribution in [1.29, 1.82) is 0 Å². The fourth-order valence-electron chi connectivity index (χ4n) is 3.52. The van der Waals surface area contributed by atoms with Crippen LogP contribution in [0.25, 0.3) is 0 Å². The number of hydrogen-bond donors (Lipinski definition) is 1.